The first-order valence-electron chi connectivity index (χ1n) is 7.52. The second-order valence-electron chi connectivity index (χ2n) is 5.50. The smallest absolute Gasteiger partial charge is 0.237 e. The average Bonchev–Trinajstić information content (AvgIpc) is 2.74. The van der Waals surface area contributed by atoms with Crippen LogP contribution in [-0.2, 0) is 4.79 Å². The van der Waals surface area contributed by atoms with Crippen molar-refractivity contribution >= 4 is 5.91 Å². The third-order valence-electron chi connectivity index (χ3n) is 3.77. The number of furan rings is 1. The number of hydrogen-bond acceptors (Lipinski definition) is 3. The zero-order valence-corrected chi connectivity index (χ0v) is 13.5. The van der Waals surface area contributed by atoms with Crippen molar-refractivity contribution in [2.24, 2.45) is 0 Å². The van der Waals surface area contributed by atoms with Gasteiger partial charge in [0.25, 0.3) is 0 Å². The molecule has 0 aromatic carbocycles. The molecule has 0 aliphatic heterocycles. The molecule has 2 N–H and O–H groups in total. The van der Waals surface area contributed by atoms with Gasteiger partial charge >= 0.3 is 0 Å². The molecular formula is C16H28N2O2. The molecule has 1 amide bonds. The maximum atomic E-state index is 12.1. The highest BCUT2D eigenvalue weighted by molar-refractivity contribution is 5.81. The standard InChI is InChI=1S/C16H28N2O2/c1-7-14(8-2)18-16(19)12(5)17-11(4)15-9-10(3)20-13(15)6/h9,11-12,14,17H,7-8H2,1-6H3,(H,18,19). The lowest BCUT2D eigenvalue weighted by Gasteiger charge is -2.22. The van der Waals surface area contributed by atoms with Crippen LogP contribution in [0.2, 0.25) is 0 Å². The van der Waals surface area contributed by atoms with E-state index in [1.165, 1.54) is 0 Å². The number of carbonyl (C=O) groups excluding carboxylic acids is 1. The predicted molar refractivity (Wildman–Crippen MR) is 81.7 cm³/mol. The summed E-state index contributed by atoms with van der Waals surface area (Å²) in [6.45, 7) is 12.0. The second kappa shape index (κ2) is 7.48. The van der Waals surface area contributed by atoms with Crippen molar-refractivity contribution in [1.82, 2.24) is 10.6 Å². The monoisotopic (exact) mass is 280 g/mol. The van der Waals surface area contributed by atoms with Crippen LogP contribution in [0.5, 0.6) is 0 Å². The summed E-state index contributed by atoms with van der Waals surface area (Å²) >= 11 is 0. The van der Waals surface area contributed by atoms with Crippen LogP contribution in [0.3, 0.4) is 0 Å². The molecule has 0 radical (unpaired) electrons. The molecule has 1 aromatic rings. The molecule has 0 fully saturated rings. The van der Waals surface area contributed by atoms with Crippen LogP contribution in [-0.4, -0.2) is 18.0 Å². The van der Waals surface area contributed by atoms with Crippen LogP contribution in [0.4, 0.5) is 0 Å². The van der Waals surface area contributed by atoms with Crippen LogP contribution in [0.25, 0.3) is 0 Å². The highest BCUT2D eigenvalue weighted by Crippen LogP contribution is 2.21. The molecule has 0 saturated heterocycles. The summed E-state index contributed by atoms with van der Waals surface area (Å²) in [6, 6.07) is 2.16. The Balaban J connectivity index is 2.59. The van der Waals surface area contributed by atoms with E-state index in [-0.39, 0.29) is 24.0 Å². The van der Waals surface area contributed by atoms with Gasteiger partial charge in [0, 0.05) is 17.6 Å². The highest BCUT2D eigenvalue weighted by Gasteiger charge is 2.20. The van der Waals surface area contributed by atoms with E-state index in [9.17, 15) is 4.79 Å². The van der Waals surface area contributed by atoms with E-state index in [1.54, 1.807) is 0 Å². The van der Waals surface area contributed by atoms with Gasteiger partial charge in [0.2, 0.25) is 5.91 Å². The van der Waals surface area contributed by atoms with E-state index >= 15 is 0 Å². The Morgan fingerprint density at radius 3 is 2.30 bits per heavy atom. The number of aryl methyl sites for hydroxylation is 2. The summed E-state index contributed by atoms with van der Waals surface area (Å²) in [6.07, 6.45) is 1.93. The van der Waals surface area contributed by atoms with Crippen molar-refractivity contribution in [3.63, 3.8) is 0 Å². The topological polar surface area (TPSA) is 54.3 Å². The second-order valence-corrected chi connectivity index (χ2v) is 5.50. The van der Waals surface area contributed by atoms with Gasteiger partial charge in [-0.2, -0.15) is 0 Å². The minimum Gasteiger partial charge on any atom is -0.466 e. The predicted octanol–water partition coefficient (Wildman–Crippen LogP) is 3.24. The van der Waals surface area contributed by atoms with Crippen molar-refractivity contribution in [2.45, 2.75) is 72.5 Å². The number of rotatable bonds is 7. The molecule has 0 spiro atoms. The molecule has 114 valence electrons. The minimum absolute atomic E-state index is 0.0587. The molecule has 20 heavy (non-hydrogen) atoms. The first kappa shape index (κ1) is 16.8. The molecule has 0 saturated carbocycles. The Morgan fingerprint density at radius 1 is 1.25 bits per heavy atom. The number of carbonyl (C=O) groups is 1. The van der Waals surface area contributed by atoms with Gasteiger partial charge in [0.15, 0.2) is 0 Å². The van der Waals surface area contributed by atoms with Gasteiger partial charge in [0.05, 0.1) is 6.04 Å². The normalized spacial score (nSPS) is 14.3. The number of nitrogens with one attached hydrogen (secondary N) is 2. The van der Waals surface area contributed by atoms with E-state index in [0.29, 0.717) is 0 Å². The lowest BCUT2D eigenvalue weighted by atomic mass is 10.1. The fraction of sp³-hybridized carbons (Fsp3) is 0.688. The van der Waals surface area contributed by atoms with Gasteiger partial charge in [-0.15, -0.1) is 0 Å². The Hall–Kier alpha value is -1.29. The maximum absolute atomic E-state index is 12.1. The number of hydrogen-bond donors (Lipinski definition) is 2. The van der Waals surface area contributed by atoms with Crippen molar-refractivity contribution in [1.29, 1.82) is 0 Å². The molecular weight excluding hydrogens is 252 g/mol. The van der Waals surface area contributed by atoms with Gasteiger partial charge in [-0.25, -0.2) is 0 Å². The molecule has 0 bridgehead atoms. The fourth-order valence-electron chi connectivity index (χ4n) is 2.44. The summed E-state index contributed by atoms with van der Waals surface area (Å²) in [5, 5.41) is 6.40. The fourth-order valence-corrected chi connectivity index (χ4v) is 2.44. The zero-order chi connectivity index (χ0) is 15.3. The van der Waals surface area contributed by atoms with Gasteiger partial charge < -0.3 is 9.73 Å². The highest BCUT2D eigenvalue weighted by atomic mass is 16.3. The Labute approximate surface area is 122 Å². The summed E-state index contributed by atoms with van der Waals surface area (Å²) in [5.74, 6) is 1.87. The quantitative estimate of drug-likeness (QED) is 0.806. The van der Waals surface area contributed by atoms with E-state index < -0.39 is 0 Å². The minimum atomic E-state index is -0.222. The molecule has 2 unspecified atom stereocenters. The Bertz CT molecular complexity index is 436. The third kappa shape index (κ3) is 4.37. The largest absolute Gasteiger partial charge is 0.466 e. The van der Waals surface area contributed by atoms with E-state index in [0.717, 1.165) is 29.9 Å². The van der Waals surface area contributed by atoms with Gasteiger partial charge in [-0.1, -0.05) is 13.8 Å². The molecule has 4 heteroatoms. The van der Waals surface area contributed by atoms with Crippen molar-refractivity contribution in [3.05, 3.63) is 23.2 Å². The van der Waals surface area contributed by atoms with Crippen LogP contribution in [0.15, 0.2) is 10.5 Å². The first-order chi connectivity index (χ1) is 9.38. The van der Waals surface area contributed by atoms with Crippen LogP contribution in [0.1, 0.15) is 63.7 Å². The summed E-state index contributed by atoms with van der Waals surface area (Å²) in [4.78, 5) is 12.1. The van der Waals surface area contributed by atoms with Crippen LogP contribution in [0, 0.1) is 13.8 Å². The molecule has 2 atom stereocenters. The number of amides is 1. The average molecular weight is 280 g/mol. The van der Waals surface area contributed by atoms with Crippen molar-refractivity contribution in [2.75, 3.05) is 0 Å². The molecule has 1 rings (SSSR count). The van der Waals surface area contributed by atoms with Crippen molar-refractivity contribution in [3.8, 4) is 0 Å². The summed E-state index contributed by atoms with van der Waals surface area (Å²) in [7, 11) is 0. The molecule has 0 aliphatic carbocycles. The molecule has 0 aliphatic rings. The molecule has 1 aromatic heterocycles. The van der Waals surface area contributed by atoms with Gasteiger partial charge in [-0.3, -0.25) is 10.1 Å². The van der Waals surface area contributed by atoms with Crippen molar-refractivity contribution < 1.29 is 9.21 Å². The Kier molecular flexibility index (Phi) is 6.27. The lowest BCUT2D eigenvalue weighted by molar-refractivity contribution is -0.123. The van der Waals surface area contributed by atoms with E-state index in [1.807, 2.05) is 26.8 Å². The zero-order valence-electron chi connectivity index (χ0n) is 13.5. The molecule has 1 heterocycles. The van der Waals surface area contributed by atoms with Crippen LogP contribution < -0.4 is 10.6 Å². The summed E-state index contributed by atoms with van der Waals surface area (Å²) < 4.78 is 5.54. The molecule has 4 nitrogen and oxygen atoms in total. The first-order valence-corrected chi connectivity index (χ1v) is 7.52. The summed E-state index contributed by atoms with van der Waals surface area (Å²) in [5.41, 5.74) is 1.12. The third-order valence-corrected chi connectivity index (χ3v) is 3.77. The van der Waals surface area contributed by atoms with E-state index in [2.05, 4.69) is 31.4 Å². The Morgan fingerprint density at radius 2 is 1.85 bits per heavy atom. The van der Waals surface area contributed by atoms with Gasteiger partial charge in [-0.05, 0) is 46.6 Å². The SMILES string of the molecule is CCC(CC)NC(=O)C(C)NC(C)c1cc(C)oc1C. The van der Waals surface area contributed by atoms with E-state index in [4.69, 9.17) is 4.42 Å². The maximum Gasteiger partial charge on any atom is 0.237 e. The van der Waals surface area contributed by atoms with Crippen LogP contribution >= 0.6 is 0 Å². The lowest BCUT2D eigenvalue weighted by Crippen LogP contribution is -2.46. The van der Waals surface area contributed by atoms with Gasteiger partial charge in [0.1, 0.15) is 11.5 Å².